The van der Waals surface area contributed by atoms with Crippen molar-refractivity contribution in [2.24, 2.45) is 5.92 Å². The Morgan fingerprint density at radius 1 is 1.37 bits per heavy atom. The van der Waals surface area contributed by atoms with Gasteiger partial charge in [0.25, 0.3) is 0 Å². The Bertz CT molecular complexity index is 498. The highest BCUT2D eigenvalue weighted by atomic mass is 79.9. The maximum atomic E-state index is 10.8. The molecule has 1 atom stereocenters. The number of rotatable bonds is 2. The Kier molecular flexibility index (Phi) is 3.50. The summed E-state index contributed by atoms with van der Waals surface area (Å²) in [4.78, 5) is 13.3. The zero-order valence-corrected chi connectivity index (χ0v) is 12.2. The maximum Gasteiger partial charge on any atom is 0.409 e. The van der Waals surface area contributed by atoms with Crippen molar-refractivity contribution in [1.29, 1.82) is 0 Å². The quantitative estimate of drug-likeness (QED) is 0.877. The summed E-state index contributed by atoms with van der Waals surface area (Å²) in [5, 5.41) is 11.3. The van der Waals surface area contributed by atoms with Gasteiger partial charge < -0.3 is 10.0 Å². The Balaban J connectivity index is 1.90. The van der Waals surface area contributed by atoms with E-state index in [2.05, 4.69) is 32.2 Å². The summed E-state index contributed by atoms with van der Waals surface area (Å²) in [6, 6.07) is 5.84. The minimum Gasteiger partial charge on any atom is -0.465 e. The van der Waals surface area contributed by atoms with Gasteiger partial charge in [-0.1, -0.05) is 12.1 Å². The van der Waals surface area contributed by atoms with Gasteiger partial charge in [-0.2, -0.15) is 0 Å². The average molecular weight is 325 g/mol. The number of halogens is 1. The molecule has 0 spiro atoms. The monoisotopic (exact) mass is 324 g/mol. The lowest BCUT2D eigenvalue weighted by atomic mass is 9.75. The van der Waals surface area contributed by atoms with Gasteiger partial charge in [-0.25, -0.2) is 4.79 Å². The molecule has 3 heterocycles. The van der Waals surface area contributed by atoms with Crippen LogP contribution in [0.4, 0.5) is 10.5 Å². The first kappa shape index (κ1) is 12.9. The first-order valence-electron chi connectivity index (χ1n) is 6.66. The summed E-state index contributed by atoms with van der Waals surface area (Å²) in [7, 11) is 0. The summed E-state index contributed by atoms with van der Waals surface area (Å²) in [5.74, 6) is 1.26. The molecule has 3 aliphatic heterocycles. The van der Waals surface area contributed by atoms with E-state index in [0.717, 1.165) is 16.9 Å². The molecule has 1 unspecified atom stereocenters. The van der Waals surface area contributed by atoms with Crippen molar-refractivity contribution in [3.63, 3.8) is 0 Å². The van der Waals surface area contributed by atoms with Crippen LogP contribution in [0.2, 0.25) is 0 Å². The van der Waals surface area contributed by atoms with E-state index in [0.29, 0.717) is 11.6 Å². The standard InChI is InChI=1S/C14H17BrN2O2/c15-13-10(2-1-3-12(13)16-14(18)19)11-8-17-6-4-9(11)5-7-17/h1-3,9,11,16H,4-8H2,(H,18,19). The number of hydrogen-bond donors (Lipinski definition) is 2. The first-order chi connectivity index (χ1) is 9.15. The van der Waals surface area contributed by atoms with Gasteiger partial charge in [0.15, 0.2) is 0 Å². The molecule has 2 bridgehead atoms. The van der Waals surface area contributed by atoms with Gasteiger partial charge in [-0.3, -0.25) is 5.32 Å². The van der Waals surface area contributed by atoms with Crippen molar-refractivity contribution in [3.05, 3.63) is 28.2 Å². The molecular formula is C14H17BrN2O2. The van der Waals surface area contributed by atoms with E-state index in [1.807, 2.05) is 6.07 Å². The number of piperidine rings is 3. The van der Waals surface area contributed by atoms with Crippen LogP contribution in [0.25, 0.3) is 0 Å². The Morgan fingerprint density at radius 3 is 2.68 bits per heavy atom. The molecule has 2 N–H and O–H groups in total. The van der Waals surface area contributed by atoms with Crippen molar-refractivity contribution in [3.8, 4) is 0 Å². The molecule has 4 nitrogen and oxygen atoms in total. The molecule has 1 aromatic carbocycles. The number of hydrogen-bond acceptors (Lipinski definition) is 2. The molecule has 0 radical (unpaired) electrons. The normalized spacial score (nSPS) is 29.2. The predicted octanol–water partition coefficient (Wildman–Crippen LogP) is 3.35. The minimum atomic E-state index is -1.02. The molecule has 0 aliphatic carbocycles. The van der Waals surface area contributed by atoms with Crippen molar-refractivity contribution in [1.82, 2.24) is 4.90 Å². The summed E-state index contributed by atoms with van der Waals surface area (Å²) >= 11 is 3.57. The predicted molar refractivity (Wildman–Crippen MR) is 77.7 cm³/mol. The number of carbonyl (C=O) groups is 1. The Labute approximate surface area is 120 Å². The van der Waals surface area contributed by atoms with E-state index in [1.54, 1.807) is 6.07 Å². The lowest BCUT2D eigenvalue weighted by Crippen LogP contribution is -2.46. The largest absolute Gasteiger partial charge is 0.465 e. The van der Waals surface area contributed by atoms with Crippen molar-refractivity contribution in [2.45, 2.75) is 18.8 Å². The van der Waals surface area contributed by atoms with Crippen molar-refractivity contribution < 1.29 is 9.90 Å². The Hall–Kier alpha value is -1.07. The third-order valence-corrected chi connectivity index (χ3v) is 5.21. The van der Waals surface area contributed by atoms with Gasteiger partial charge in [-0.05, 0) is 59.4 Å². The third-order valence-electron chi connectivity index (χ3n) is 4.33. The molecular weight excluding hydrogens is 308 g/mol. The zero-order chi connectivity index (χ0) is 13.4. The molecule has 0 aromatic heterocycles. The maximum absolute atomic E-state index is 10.8. The molecule has 102 valence electrons. The molecule has 3 saturated heterocycles. The van der Waals surface area contributed by atoms with Crippen LogP contribution in [-0.4, -0.2) is 35.7 Å². The van der Waals surface area contributed by atoms with Gasteiger partial charge in [0.2, 0.25) is 0 Å². The van der Waals surface area contributed by atoms with E-state index in [9.17, 15) is 4.79 Å². The smallest absolute Gasteiger partial charge is 0.409 e. The molecule has 1 amide bonds. The SMILES string of the molecule is O=C(O)Nc1cccc(C2CN3CCC2CC3)c1Br. The Morgan fingerprint density at radius 2 is 2.11 bits per heavy atom. The fourth-order valence-corrected chi connectivity index (χ4v) is 4.02. The second-order valence-corrected chi connectivity index (χ2v) is 6.18. The third kappa shape index (κ3) is 2.49. The number of anilines is 1. The fraction of sp³-hybridized carbons (Fsp3) is 0.500. The van der Waals surface area contributed by atoms with Gasteiger partial charge in [0.05, 0.1) is 5.69 Å². The lowest BCUT2D eigenvalue weighted by molar-refractivity contribution is 0.0868. The summed E-state index contributed by atoms with van der Waals surface area (Å²) < 4.78 is 0.899. The highest BCUT2D eigenvalue weighted by Gasteiger charge is 2.35. The molecule has 5 heteroatoms. The molecule has 0 saturated carbocycles. The second kappa shape index (κ2) is 5.13. The molecule has 1 aromatic rings. The highest BCUT2D eigenvalue weighted by Crippen LogP contribution is 2.43. The lowest BCUT2D eigenvalue weighted by Gasteiger charge is -2.45. The van der Waals surface area contributed by atoms with Crippen LogP contribution in [0.15, 0.2) is 22.7 Å². The van der Waals surface area contributed by atoms with Crippen LogP contribution >= 0.6 is 15.9 Å². The van der Waals surface area contributed by atoms with E-state index in [1.165, 1.54) is 31.5 Å². The van der Waals surface area contributed by atoms with Crippen LogP contribution in [0.5, 0.6) is 0 Å². The zero-order valence-electron chi connectivity index (χ0n) is 10.6. The fourth-order valence-electron chi connectivity index (χ4n) is 3.37. The minimum absolute atomic E-state index is 0.521. The molecule has 4 rings (SSSR count). The van der Waals surface area contributed by atoms with Crippen LogP contribution in [0, 0.1) is 5.92 Å². The van der Waals surface area contributed by atoms with Gasteiger partial charge >= 0.3 is 6.09 Å². The van der Waals surface area contributed by atoms with Crippen LogP contribution in [0.1, 0.15) is 24.3 Å². The number of carboxylic acid groups (broad SMARTS) is 1. The number of nitrogens with zero attached hydrogens (tertiary/aromatic N) is 1. The molecule has 3 aliphatic rings. The summed E-state index contributed by atoms with van der Waals surface area (Å²) in [6.45, 7) is 3.53. The van der Waals surface area contributed by atoms with Gasteiger partial charge in [0, 0.05) is 16.9 Å². The van der Waals surface area contributed by atoms with E-state index in [-0.39, 0.29) is 0 Å². The van der Waals surface area contributed by atoms with Gasteiger partial charge in [-0.15, -0.1) is 0 Å². The molecule has 3 fully saturated rings. The van der Waals surface area contributed by atoms with E-state index < -0.39 is 6.09 Å². The van der Waals surface area contributed by atoms with E-state index >= 15 is 0 Å². The van der Waals surface area contributed by atoms with Crippen molar-refractivity contribution >= 4 is 27.7 Å². The number of benzene rings is 1. The first-order valence-corrected chi connectivity index (χ1v) is 7.45. The number of amides is 1. The van der Waals surface area contributed by atoms with Crippen molar-refractivity contribution in [2.75, 3.05) is 25.0 Å². The summed E-state index contributed by atoms with van der Waals surface area (Å²) in [6.07, 6.45) is 1.49. The number of nitrogens with one attached hydrogen (secondary N) is 1. The van der Waals surface area contributed by atoms with E-state index in [4.69, 9.17) is 5.11 Å². The topological polar surface area (TPSA) is 52.6 Å². The van der Waals surface area contributed by atoms with Crippen LogP contribution in [-0.2, 0) is 0 Å². The second-order valence-electron chi connectivity index (χ2n) is 5.38. The van der Waals surface area contributed by atoms with Crippen LogP contribution < -0.4 is 5.32 Å². The molecule has 19 heavy (non-hydrogen) atoms. The van der Waals surface area contributed by atoms with Crippen LogP contribution in [0.3, 0.4) is 0 Å². The highest BCUT2D eigenvalue weighted by molar-refractivity contribution is 9.10. The van der Waals surface area contributed by atoms with Gasteiger partial charge in [0.1, 0.15) is 0 Å². The number of fused-ring (bicyclic) bond motifs is 3. The average Bonchev–Trinajstić information content (AvgIpc) is 2.42. The summed E-state index contributed by atoms with van der Waals surface area (Å²) in [5.41, 5.74) is 1.88.